The molecule has 1 saturated heterocycles. The molecule has 1 fully saturated rings. The third-order valence-electron chi connectivity index (χ3n) is 4.35. The van der Waals surface area contributed by atoms with E-state index in [9.17, 15) is 14.4 Å². The molecule has 0 aliphatic carbocycles. The highest BCUT2D eigenvalue weighted by molar-refractivity contribution is 8.15. The summed E-state index contributed by atoms with van der Waals surface area (Å²) in [6.45, 7) is 2.03. The number of ether oxygens (including phenoxy) is 1. The lowest BCUT2D eigenvalue weighted by molar-refractivity contribution is -0.128. The third kappa shape index (κ3) is 5.78. The lowest BCUT2D eigenvalue weighted by Crippen LogP contribution is -2.43. The van der Waals surface area contributed by atoms with Gasteiger partial charge in [-0.05, 0) is 49.4 Å². The van der Waals surface area contributed by atoms with Crippen LogP contribution in [-0.4, -0.2) is 46.8 Å². The number of nitrogens with one attached hydrogen (secondary N) is 1. The van der Waals surface area contributed by atoms with Crippen molar-refractivity contribution in [3.05, 3.63) is 58.1 Å². The van der Waals surface area contributed by atoms with E-state index in [1.54, 1.807) is 56.4 Å². The molecule has 162 valence electrons. The molecule has 1 aliphatic rings. The number of carbonyl (C=O) groups excluding carboxylic acids is 3. The number of nitrogens with zero attached hydrogens (tertiary/aromatic N) is 2. The molecule has 31 heavy (non-hydrogen) atoms. The van der Waals surface area contributed by atoms with E-state index in [4.69, 9.17) is 27.9 Å². The van der Waals surface area contributed by atoms with Crippen molar-refractivity contribution in [3.63, 3.8) is 0 Å². The molecule has 2 aromatic carbocycles. The predicted octanol–water partition coefficient (Wildman–Crippen LogP) is 4.76. The number of hydrogen-bond acceptors (Lipinski definition) is 6. The molecule has 3 rings (SSSR count). The van der Waals surface area contributed by atoms with Gasteiger partial charge in [0.25, 0.3) is 0 Å². The van der Waals surface area contributed by atoms with Crippen LogP contribution in [0.1, 0.15) is 23.7 Å². The number of carbonyl (C=O) groups is 3. The summed E-state index contributed by atoms with van der Waals surface area (Å²) in [5, 5.41) is 3.18. The summed E-state index contributed by atoms with van der Waals surface area (Å²) in [7, 11) is 1.61. The molecule has 2 amide bonds. The van der Waals surface area contributed by atoms with E-state index in [2.05, 4.69) is 10.3 Å². The Balaban J connectivity index is 1.75. The van der Waals surface area contributed by atoms with Crippen LogP contribution in [0.2, 0.25) is 10.0 Å². The number of amidine groups is 1. The van der Waals surface area contributed by atoms with Crippen molar-refractivity contribution in [2.75, 3.05) is 19.0 Å². The van der Waals surface area contributed by atoms with E-state index < -0.39 is 11.2 Å². The standard InChI is InChI=1S/C21H19Cl2N3O4S/c1-3-30-20(29)12-4-6-13(7-5-12)25-21-26(2)18(27)11-17(31-21)19(28)24-14-8-9-15(22)16(23)10-14/h4-10,17H,3,11H2,1-2H3,(H,24,28). The Morgan fingerprint density at radius 3 is 2.55 bits per heavy atom. The summed E-state index contributed by atoms with van der Waals surface area (Å²) in [4.78, 5) is 42.8. The average molecular weight is 480 g/mol. The Bertz CT molecular complexity index is 1040. The number of halogens is 2. The van der Waals surface area contributed by atoms with Crippen LogP contribution in [0.3, 0.4) is 0 Å². The molecule has 0 spiro atoms. The van der Waals surface area contributed by atoms with Crippen molar-refractivity contribution in [1.82, 2.24) is 4.90 Å². The lowest BCUT2D eigenvalue weighted by Gasteiger charge is -2.28. The van der Waals surface area contributed by atoms with Crippen LogP contribution in [-0.2, 0) is 14.3 Å². The van der Waals surface area contributed by atoms with Crippen molar-refractivity contribution >= 4 is 69.3 Å². The summed E-state index contributed by atoms with van der Waals surface area (Å²) in [5.41, 5.74) is 1.44. The van der Waals surface area contributed by atoms with Crippen molar-refractivity contribution < 1.29 is 19.1 Å². The van der Waals surface area contributed by atoms with Crippen molar-refractivity contribution in [1.29, 1.82) is 0 Å². The number of esters is 1. The SMILES string of the molecule is CCOC(=O)c1ccc(N=C2SC(C(=O)Nc3ccc(Cl)c(Cl)c3)CC(=O)N2C)cc1. The largest absolute Gasteiger partial charge is 0.462 e. The van der Waals surface area contributed by atoms with Crippen LogP contribution >= 0.6 is 35.0 Å². The topological polar surface area (TPSA) is 88.1 Å². The molecule has 10 heteroatoms. The quantitative estimate of drug-likeness (QED) is 0.624. The second-order valence-electron chi connectivity index (χ2n) is 6.54. The summed E-state index contributed by atoms with van der Waals surface area (Å²) in [5.74, 6) is -0.981. The van der Waals surface area contributed by atoms with Gasteiger partial charge in [-0.3, -0.25) is 14.5 Å². The molecule has 0 saturated carbocycles. The highest BCUT2D eigenvalue weighted by Gasteiger charge is 2.34. The zero-order chi connectivity index (χ0) is 22.5. The van der Waals surface area contributed by atoms with Gasteiger partial charge in [-0.15, -0.1) is 0 Å². The molecule has 1 N–H and O–H groups in total. The first-order valence-electron chi connectivity index (χ1n) is 9.33. The number of thioether (sulfide) groups is 1. The summed E-state index contributed by atoms with van der Waals surface area (Å²) in [6.07, 6.45) is 0.0368. The number of hydrogen-bond donors (Lipinski definition) is 1. The number of anilines is 1. The fourth-order valence-electron chi connectivity index (χ4n) is 2.69. The minimum Gasteiger partial charge on any atom is -0.462 e. The number of benzene rings is 2. The van der Waals surface area contributed by atoms with Gasteiger partial charge < -0.3 is 10.1 Å². The van der Waals surface area contributed by atoms with Crippen molar-refractivity contribution in [2.24, 2.45) is 4.99 Å². The second kappa shape index (κ2) is 10.2. The fraction of sp³-hybridized carbons (Fsp3) is 0.238. The first kappa shape index (κ1) is 23.1. The zero-order valence-electron chi connectivity index (χ0n) is 16.7. The van der Waals surface area contributed by atoms with Crippen LogP contribution in [0, 0.1) is 0 Å². The highest BCUT2D eigenvalue weighted by atomic mass is 35.5. The molecular formula is C21H19Cl2N3O4S. The van der Waals surface area contributed by atoms with Crippen LogP contribution < -0.4 is 5.32 Å². The van der Waals surface area contributed by atoms with Gasteiger partial charge in [-0.25, -0.2) is 9.79 Å². The lowest BCUT2D eigenvalue weighted by atomic mass is 10.2. The molecular weight excluding hydrogens is 461 g/mol. The van der Waals surface area contributed by atoms with Gasteiger partial charge >= 0.3 is 5.97 Å². The van der Waals surface area contributed by atoms with Crippen molar-refractivity contribution in [2.45, 2.75) is 18.6 Å². The van der Waals surface area contributed by atoms with E-state index in [1.807, 2.05) is 0 Å². The van der Waals surface area contributed by atoms with E-state index in [0.29, 0.717) is 32.2 Å². The summed E-state index contributed by atoms with van der Waals surface area (Å²) in [6, 6.07) is 11.3. The maximum absolute atomic E-state index is 12.7. The average Bonchev–Trinajstić information content (AvgIpc) is 2.74. The molecule has 0 bridgehead atoms. The molecule has 1 heterocycles. The number of rotatable bonds is 5. The Morgan fingerprint density at radius 1 is 1.19 bits per heavy atom. The molecule has 0 aromatic heterocycles. The van der Waals surface area contributed by atoms with Crippen LogP contribution in [0.25, 0.3) is 0 Å². The smallest absolute Gasteiger partial charge is 0.338 e. The van der Waals surface area contributed by atoms with E-state index in [-0.39, 0.29) is 24.8 Å². The molecule has 7 nitrogen and oxygen atoms in total. The maximum Gasteiger partial charge on any atom is 0.338 e. The number of amides is 2. The molecule has 0 radical (unpaired) electrons. The van der Waals surface area contributed by atoms with Crippen LogP contribution in [0.5, 0.6) is 0 Å². The van der Waals surface area contributed by atoms with Gasteiger partial charge in [0.1, 0.15) is 5.25 Å². The van der Waals surface area contributed by atoms with E-state index in [0.717, 1.165) is 0 Å². The minimum atomic E-state index is -0.657. The fourth-order valence-corrected chi connectivity index (χ4v) is 4.05. The Labute approximate surface area is 193 Å². The Morgan fingerprint density at radius 2 is 1.90 bits per heavy atom. The van der Waals surface area contributed by atoms with Crippen LogP contribution in [0.4, 0.5) is 11.4 Å². The van der Waals surface area contributed by atoms with Gasteiger partial charge in [-0.2, -0.15) is 0 Å². The molecule has 1 atom stereocenters. The molecule has 1 aliphatic heterocycles. The van der Waals surface area contributed by atoms with E-state index in [1.165, 1.54) is 16.7 Å². The first-order chi connectivity index (χ1) is 14.8. The predicted molar refractivity (Wildman–Crippen MR) is 123 cm³/mol. The molecule has 1 unspecified atom stereocenters. The van der Waals surface area contributed by atoms with Crippen LogP contribution in [0.15, 0.2) is 47.5 Å². The third-order valence-corrected chi connectivity index (χ3v) is 6.33. The van der Waals surface area contributed by atoms with E-state index >= 15 is 0 Å². The van der Waals surface area contributed by atoms with Gasteiger partial charge in [0.05, 0.1) is 27.9 Å². The zero-order valence-corrected chi connectivity index (χ0v) is 19.1. The Hall–Kier alpha value is -2.55. The van der Waals surface area contributed by atoms with Gasteiger partial charge in [0, 0.05) is 19.2 Å². The first-order valence-corrected chi connectivity index (χ1v) is 11.0. The second-order valence-corrected chi connectivity index (χ2v) is 8.53. The number of aliphatic imine (C=N–C) groups is 1. The maximum atomic E-state index is 12.7. The van der Waals surface area contributed by atoms with Crippen molar-refractivity contribution in [3.8, 4) is 0 Å². The van der Waals surface area contributed by atoms with Gasteiger partial charge in [0.15, 0.2) is 5.17 Å². The molecule has 2 aromatic rings. The highest BCUT2D eigenvalue weighted by Crippen LogP contribution is 2.30. The summed E-state index contributed by atoms with van der Waals surface area (Å²) >= 11 is 13.1. The minimum absolute atomic E-state index is 0.0368. The monoisotopic (exact) mass is 479 g/mol. The normalized spacial score (nSPS) is 17.5. The van der Waals surface area contributed by atoms with Gasteiger partial charge in [0.2, 0.25) is 11.8 Å². The summed E-state index contributed by atoms with van der Waals surface area (Å²) < 4.78 is 4.96. The van der Waals surface area contributed by atoms with Gasteiger partial charge in [-0.1, -0.05) is 35.0 Å². The Kier molecular flexibility index (Phi) is 7.59.